The molecule has 2 nitrogen and oxygen atoms in total. The van der Waals surface area contributed by atoms with Crippen LogP contribution in [0.15, 0.2) is 12.2 Å². The fourth-order valence-corrected chi connectivity index (χ4v) is 1.52. The zero-order valence-corrected chi connectivity index (χ0v) is 9.73. The van der Waals surface area contributed by atoms with Gasteiger partial charge in [0.25, 0.3) is 0 Å². The van der Waals surface area contributed by atoms with E-state index in [-0.39, 0.29) is 11.8 Å². The van der Waals surface area contributed by atoms with Gasteiger partial charge in [0.1, 0.15) is 0 Å². The molecule has 1 amide bonds. The van der Waals surface area contributed by atoms with Gasteiger partial charge in [0.2, 0.25) is 5.91 Å². The van der Waals surface area contributed by atoms with E-state index in [0.717, 1.165) is 37.8 Å². The van der Waals surface area contributed by atoms with Crippen molar-refractivity contribution in [1.29, 1.82) is 0 Å². The molecule has 0 bridgehead atoms. The number of unbranched alkanes of at least 4 members (excludes halogenated alkanes) is 1. The van der Waals surface area contributed by atoms with E-state index in [9.17, 15) is 4.79 Å². The summed E-state index contributed by atoms with van der Waals surface area (Å²) in [5, 5.41) is 2.88. The Morgan fingerprint density at radius 2 is 2.07 bits per heavy atom. The quantitative estimate of drug-likeness (QED) is 0.625. The second-order valence-electron chi connectivity index (χ2n) is 3.89. The first-order valence-electron chi connectivity index (χ1n) is 5.53. The van der Waals surface area contributed by atoms with Crippen molar-refractivity contribution < 1.29 is 4.79 Å². The lowest BCUT2D eigenvalue weighted by atomic mass is 9.94. The summed E-state index contributed by atoms with van der Waals surface area (Å²) >= 11 is 0. The van der Waals surface area contributed by atoms with E-state index in [2.05, 4.69) is 18.8 Å². The molecule has 0 rings (SSSR count). The first-order chi connectivity index (χ1) is 6.61. The van der Waals surface area contributed by atoms with Gasteiger partial charge in [-0.2, -0.15) is 0 Å². The third-order valence-corrected chi connectivity index (χ3v) is 2.22. The standard InChI is InChI=1S/C12H23NO/c1-5-7-8-11(9-10(3)4)12(14)13-6-2/h11H,3,5-9H2,1-2,4H3,(H,13,14). The predicted octanol–water partition coefficient (Wildman–Crippen LogP) is 2.90. The zero-order chi connectivity index (χ0) is 11.0. The molecule has 0 aromatic rings. The summed E-state index contributed by atoms with van der Waals surface area (Å²) < 4.78 is 0. The zero-order valence-electron chi connectivity index (χ0n) is 9.73. The molecule has 0 spiro atoms. The highest BCUT2D eigenvalue weighted by atomic mass is 16.1. The average molecular weight is 197 g/mol. The van der Waals surface area contributed by atoms with Crippen LogP contribution in [0.5, 0.6) is 0 Å². The summed E-state index contributed by atoms with van der Waals surface area (Å²) in [6.07, 6.45) is 4.07. The number of allylic oxidation sites excluding steroid dienone is 1. The van der Waals surface area contributed by atoms with Crippen LogP contribution < -0.4 is 5.32 Å². The molecule has 0 heterocycles. The number of nitrogens with one attached hydrogen (secondary N) is 1. The highest BCUT2D eigenvalue weighted by Gasteiger charge is 2.16. The Kier molecular flexibility index (Phi) is 7.17. The fourth-order valence-electron chi connectivity index (χ4n) is 1.52. The minimum atomic E-state index is 0.132. The average Bonchev–Trinajstić information content (AvgIpc) is 2.12. The summed E-state index contributed by atoms with van der Waals surface area (Å²) in [5.74, 6) is 0.316. The van der Waals surface area contributed by atoms with Crippen LogP contribution in [-0.4, -0.2) is 12.5 Å². The molecule has 0 radical (unpaired) electrons. The van der Waals surface area contributed by atoms with E-state index in [1.54, 1.807) is 0 Å². The van der Waals surface area contributed by atoms with Gasteiger partial charge < -0.3 is 5.32 Å². The summed E-state index contributed by atoms with van der Waals surface area (Å²) in [6.45, 7) is 10.7. The number of carbonyl (C=O) groups excluding carboxylic acids is 1. The molecule has 0 fully saturated rings. The van der Waals surface area contributed by atoms with Gasteiger partial charge in [-0.05, 0) is 26.7 Å². The minimum Gasteiger partial charge on any atom is -0.356 e. The Morgan fingerprint density at radius 3 is 2.50 bits per heavy atom. The van der Waals surface area contributed by atoms with E-state index in [1.807, 2.05) is 13.8 Å². The number of hydrogen-bond donors (Lipinski definition) is 1. The van der Waals surface area contributed by atoms with Gasteiger partial charge in [0.15, 0.2) is 0 Å². The fraction of sp³-hybridized carbons (Fsp3) is 0.750. The monoisotopic (exact) mass is 197 g/mol. The molecule has 0 saturated carbocycles. The SMILES string of the molecule is C=C(C)CC(CCCC)C(=O)NCC. The number of hydrogen-bond acceptors (Lipinski definition) is 1. The molecule has 0 aliphatic carbocycles. The molecule has 2 heteroatoms. The van der Waals surface area contributed by atoms with Crippen molar-refractivity contribution >= 4 is 5.91 Å². The maximum Gasteiger partial charge on any atom is 0.223 e. The highest BCUT2D eigenvalue weighted by Crippen LogP contribution is 2.17. The van der Waals surface area contributed by atoms with Gasteiger partial charge in [0.05, 0.1) is 0 Å². The third kappa shape index (κ3) is 5.79. The molecular weight excluding hydrogens is 174 g/mol. The normalized spacial score (nSPS) is 12.2. The van der Waals surface area contributed by atoms with Gasteiger partial charge in [-0.25, -0.2) is 0 Å². The van der Waals surface area contributed by atoms with Crippen LogP contribution in [-0.2, 0) is 4.79 Å². The van der Waals surface area contributed by atoms with Crippen molar-refractivity contribution in [1.82, 2.24) is 5.32 Å². The van der Waals surface area contributed by atoms with Crippen molar-refractivity contribution in [2.24, 2.45) is 5.92 Å². The second-order valence-corrected chi connectivity index (χ2v) is 3.89. The Hall–Kier alpha value is -0.790. The van der Waals surface area contributed by atoms with Crippen LogP contribution >= 0.6 is 0 Å². The first kappa shape index (κ1) is 13.2. The van der Waals surface area contributed by atoms with Crippen LogP contribution in [0.4, 0.5) is 0 Å². The summed E-state index contributed by atoms with van der Waals surface area (Å²) in [7, 11) is 0. The molecule has 0 aromatic heterocycles. The Labute approximate surface area is 87.8 Å². The van der Waals surface area contributed by atoms with E-state index in [0.29, 0.717) is 0 Å². The van der Waals surface area contributed by atoms with Crippen molar-refractivity contribution in [2.45, 2.75) is 46.5 Å². The molecule has 0 saturated heterocycles. The van der Waals surface area contributed by atoms with E-state index in [4.69, 9.17) is 0 Å². The lowest BCUT2D eigenvalue weighted by Gasteiger charge is -2.15. The number of carbonyl (C=O) groups is 1. The van der Waals surface area contributed by atoms with Gasteiger partial charge in [-0.1, -0.05) is 25.3 Å². The third-order valence-electron chi connectivity index (χ3n) is 2.22. The van der Waals surface area contributed by atoms with Gasteiger partial charge in [-0.3, -0.25) is 4.79 Å². The lowest BCUT2D eigenvalue weighted by Crippen LogP contribution is -2.30. The van der Waals surface area contributed by atoms with Crippen LogP contribution in [0.3, 0.4) is 0 Å². The van der Waals surface area contributed by atoms with Gasteiger partial charge >= 0.3 is 0 Å². The van der Waals surface area contributed by atoms with E-state index < -0.39 is 0 Å². The largest absolute Gasteiger partial charge is 0.356 e. The maximum atomic E-state index is 11.6. The van der Waals surface area contributed by atoms with Crippen molar-refractivity contribution in [3.63, 3.8) is 0 Å². The Bertz CT molecular complexity index is 187. The lowest BCUT2D eigenvalue weighted by molar-refractivity contribution is -0.125. The van der Waals surface area contributed by atoms with Crippen LogP contribution in [0.2, 0.25) is 0 Å². The highest BCUT2D eigenvalue weighted by molar-refractivity contribution is 5.78. The minimum absolute atomic E-state index is 0.132. The molecule has 82 valence electrons. The second kappa shape index (κ2) is 7.60. The molecule has 0 aliphatic heterocycles. The van der Waals surface area contributed by atoms with Crippen LogP contribution in [0, 0.1) is 5.92 Å². The maximum absolute atomic E-state index is 11.6. The predicted molar refractivity (Wildman–Crippen MR) is 61.1 cm³/mol. The number of rotatable bonds is 7. The van der Waals surface area contributed by atoms with Crippen molar-refractivity contribution in [3.8, 4) is 0 Å². The topological polar surface area (TPSA) is 29.1 Å². The Balaban J connectivity index is 4.08. The van der Waals surface area contributed by atoms with E-state index in [1.165, 1.54) is 0 Å². The first-order valence-corrected chi connectivity index (χ1v) is 5.53. The Morgan fingerprint density at radius 1 is 1.43 bits per heavy atom. The smallest absolute Gasteiger partial charge is 0.223 e. The summed E-state index contributed by atoms with van der Waals surface area (Å²) in [6, 6.07) is 0. The van der Waals surface area contributed by atoms with Crippen LogP contribution in [0.25, 0.3) is 0 Å². The van der Waals surface area contributed by atoms with Crippen molar-refractivity contribution in [3.05, 3.63) is 12.2 Å². The van der Waals surface area contributed by atoms with E-state index >= 15 is 0 Å². The van der Waals surface area contributed by atoms with Crippen LogP contribution in [0.1, 0.15) is 46.5 Å². The molecule has 14 heavy (non-hydrogen) atoms. The summed E-state index contributed by atoms with van der Waals surface area (Å²) in [4.78, 5) is 11.6. The molecule has 1 unspecified atom stereocenters. The number of amides is 1. The van der Waals surface area contributed by atoms with Gasteiger partial charge in [-0.15, -0.1) is 6.58 Å². The molecule has 0 aromatic carbocycles. The summed E-state index contributed by atoms with van der Waals surface area (Å²) in [5.41, 5.74) is 1.09. The van der Waals surface area contributed by atoms with Gasteiger partial charge in [0, 0.05) is 12.5 Å². The molecule has 1 N–H and O–H groups in total. The molecule has 1 atom stereocenters. The molecule has 0 aliphatic rings. The van der Waals surface area contributed by atoms with Crippen molar-refractivity contribution in [2.75, 3.05) is 6.54 Å². The molecular formula is C12H23NO.